The molecule has 1 fully saturated rings. The molecule has 0 bridgehead atoms. The van der Waals surface area contributed by atoms with Gasteiger partial charge < -0.3 is 14.8 Å². The first kappa shape index (κ1) is 20.0. The van der Waals surface area contributed by atoms with Crippen molar-refractivity contribution in [1.29, 1.82) is 0 Å². The first-order chi connectivity index (χ1) is 13.9. The van der Waals surface area contributed by atoms with E-state index in [1.165, 1.54) is 28.6 Å². The molecule has 7 nitrogen and oxygen atoms in total. The van der Waals surface area contributed by atoms with Crippen molar-refractivity contribution in [3.63, 3.8) is 0 Å². The Labute approximate surface area is 174 Å². The van der Waals surface area contributed by atoms with Gasteiger partial charge in [-0.05, 0) is 61.2 Å². The molecule has 0 saturated carbocycles. The number of amides is 1. The highest BCUT2D eigenvalue weighted by molar-refractivity contribution is 7.89. The maximum Gasteiger partial charge on any atom is 0.244 e. The molecule has 0 radical (unpaired) electrons. The van der Waals surface area contributed by atoms with Crippen LogP contribution in [0.4, 0.5) is 0 Å². The van der Waals surface area contributed by atoms with E-state index in [-0.39, 0.29) is 24.1 Å². The molecule has 0 spiro atoms. The molecule has 1 saturated heterocycles. The lowest BCUT2D eigenvalue weighted by molar-refractivity contribution is -0.124. The number of nitrogens with one attached hydrogen (secondary N) is 1. The fraction of sp³-hybridized carbons (Fsp3) is 0.350. The molecule has 154 valence electrons. The zero-order valence-electron chi connectivity index (χ0n) is 15.6. The van der Waals surface area contributed by atoms with Gasteiger partial charge in [0.05, 0.1) is 4.90 Å². The first-order valence-corrected chi connectivity index (χ1v) is 11.2. The summed E-state index contributed by atoms with van der Waals surface area (Å²) in [6.45, 7) is 0.727. The number of nitrogens with zero attached hydrogens (tertiary/aromatic N) is 1. The number of fused-ring (bicyclic) bond motifs is 1. The van der Waals surface area contributed by atoms with E-state index in [0.29, 0.717) is 35.1 Å². The summed E-state index contributed by atoms with van der Waals surface area (Å²) < 4.78 is 39.0. The summed E-state index contributed by atoms with van der Waals surface area (Å²) in [6.07, 6.45) is 2.04. The molecule has 2 aliphatic heterocycles. The number of hydrogen-bond donors (Lipinski definition) is 1. The Morgan fingerprint density at radius 1 is 1.07 bits per heavy atom. The van der Waals surface area contributed by atoms with Gasteiger partial charge >= 0.3 is 0 Å². The lowest BCUT2D eigenvalue weighted by Crippen LogP contribution is -2.48. The molecular weight excluding hydrogens is 416 g/mol. The Hall–Kier alpha value is -2.29. The molecule has 1 amide bonds. The smallest absolute Gasteiger partial charge is 0.244 e. The van der Waals surface area contributed by atoms with Gasteiger partial charge in [-0.15, -0.1) is 0 Å². The molecule has 0 aliphatic carbocycles. The second-order valence-electron chi connectivity index (χ2n) is 6.99. The number of rotatable bonds is 5. The van der Waals surface area contributed by atoms with Crippen LogP contribution in [0.15, 0.2) is 47.4 Å². The zero-order chi connectivity index (χ0) is 20.4. The van der Waals surface area contributed by atoms with Crippen LogP contribution in [0.25, 0.3) is 0 Å². The average Bonchev–Trinajstić information content (AvgIpc) is 3.07. The van der Waals surface area contributed by atoms with Gasteiger partial charge in [0.1, 0.15) is 6.04 Å². The van der Waals surface area contributed by atoms with Crippen LogP contribution >= 0.6 is 11.6 Å². The lowest BCUT2D eigenvalue weighted by atomic mass is 10.1. The Bertz CT molecular complexity index is 1010. The summed E-state index contributed by atoms with van der Waals surface area (Å²) in [5.74, 6) is 0.908. The van der Waals surface area contributed by atoms with Crippen molar-refractivity contribution in [2.24, 2.45) is 0 Å². The van der Waals surface area contributed by atoms with Crippen molar-refractivity contribution in [2.75, 3.05) is 13.3 Å². The monoisotopic (exact) mass is 436 g/mol. The highest BCUT2D eigenvalue weighted by atomic mass is 35.5. The van der Waals surface area contributed by atoms with Crippen molar-refractivity contribution in [1.82, 2.24) is 9.62 Å². The summed E-state index contributed by atoms with van der Waals surface area (Å²) in [4.78, 5) is 12.8. The first-order valence-electron chi connectivity index (χ1n) is 9.39. The largest absolute Gasteiger partial charge is 0.454 e. The van der Waals surface area contributed by atoms with E-state index in [1.807, 2.05) is 0 Å². The molecule has 9 heteroatoms. The van der Waals surface area contributed by atoms with Crippen LogP contribution in [0.1, 0.15) is 24.8 Å². The number of carbonyl (C=O) groups is 1. The minimum atomic E-state index is -3.94. The molecule has 4 rings (SSSR count). The van der Waals surface area contributed by atoms with Gasteiger partial charge in [0.15, 0.2) is 11.5 Å². The van der Waals surface area contributed by atoms with Crippen LogP contribution < -0.4 is 14.8 Å². The maximum absolute atomic E-state index is 13.5. The van der Waals surface area contributed by atoms with E-state index >= 15 is 0 Å². The number of halogens is 1. The van der Waals surface area contributed by atoms with Crippen molar-refractivity contribution in [2.45, 2.75) is 36.7 Å². The molecule has 0 aromatic heterocycles. The third kappa shape index (κ3) is 4.19. The predicted octanol–water partition coefficient (Wildman–Crippen LogP) is 2.93. The Kier molecular flexibility index (Phi) is 5.67. The fourth-order valence-corrected chi connectivity index (χ4v) is 5.25. The zero-order valence-corrected chi connectivity index (χ0v) is 17.2. The summed E-state index contributed by atoms with van der Waals surface area (Å²) in [7, 11) is -3.94. The summed E-state index contributed by atoms with van der Waals surface area (Å²) in [5, 5.41) is 3.27. The van der Waals surface area contributed by atoms with Gasteiger partial charge in [-0.1, -0.05) is 17.7 Å². The average molecular weight is 437 g/mol. The Morgan fingerprint density at radius 2 is 1.83 bits per heavy atom. The number of ether oxygens (including phenoxy) is 2. The fourth-order valence-electron chi connectivity index (χ4n) is 3.52. The minimum absolute atomic E-state index is 0.0414. The minimum Gasteiger partial charge on any atom is -0.454 e. The quantitative estimate of drug-likeness (QED) is 0.778. The SMILES string of the molecule is O=C1NCCCC[C@@H]1N(Cc1ccc2c(c1)OCO2)S(=O)(=O)c1ccc(Cl)cc1. The number of carbonyl (C=O) groups excluding carboxylic acids is 1. The van der Waals surface area contributed by atoms with Crippen LogP contribution in [-0.2, 0) is 21.4 Å². The van der Waals surface area contributed by atoms with Gasteiger partial charge in [-0.3, -0.25) is 4.79 Å². The molecule has 29 heavy (non-hydrogen) atoms. The van der Waals surface area contributed by atoms with E-state index in [4.69, 9.17) is 21.1 Å². The van der Waals surface area contributed by atoms with E-state index in [9.17, 15) is 13.2 Å². The summed E-state index contributed by atoms with van der Waals surface area (Å²) >= 11 is 5.92. The molecule has 2 aliphatic rings. The molecule has 2 aromatic carbocycles. The van der Waals surface area contributed by atoms with Gasteiger partial charge in [0.2, 0.25) is 22.7 Å². The van der Waals surface area contributed by atoms with Crippen molar-refractivity contribution >= 4 is 27.5 Å². The highest BCUT2D eigenvalue weighted by Crippen LogP contribution is 2.34. The van der Waals surface area contributed by atoms with Crippen LogP contribution in [0, 0.1) is 0 Å². The van der Waals surface area contributed by atoms with E-state index in [0.717, 1.165) is 12.8 Å². The lowest BCUT2D eigenvalue weighted by Gasteiger charge is -2.29. The predicted molar refractivity (Wildman–Crippen MR) is 107 cm³/mol. The topological polar surface area (TPSA) is 84.9 Å². The van der Waals surface area contributed by atoms with Crippen molar-refractivity contribution in [3.05, 3.63) is 53.1 Å². The van der Waals surface area contributed by atoms with Gasteiger partial charge in [-0.25, -0.2) is 8.42 Å². The van der Waals surface area contributed by atoms with E-state index in [2.05, 4.69) is 5.32 Å². The van der Waals surface area contributed by atoms with Gasteiger partial charge in [0, 0.05) is 18.1 Å². The number of hydrogen-bond acceptors (Lipinski definition) is 5. The third-order valence-corrected chi connectivity index (χ3v) is 7.17. The third-order valence-electron chi connectivity index (χ3n) is 5.05. The summed E-state index contributed by atoms with van der Waals surface area (Å²) in [6, 6.07) is 10.5. The van der Waals surface area contributed by atoms with E-state index < -0.39 is 16.1 Å². The van der Waals surface area contributed by atoms with Gasteiger partial charge in [0.25, 0.3) is 0 Å². The normalized spacial score (nSPS) is 19.1. The molecule has 1 atom stereocenters. The van der Waals surface area contributed by atoms with Crippen molar-refractivity contribution < 1.29 is 22.7 Å². The van der Waals surface area contributed by atoms with E-state index in [1.54, 1.807) is 18.2 Å². The van der Waals surface area contributed by atoms with Crippen LogP contribution in [0.3, 0.4) is 0 Å². The Morgan fingerprint density at radius 3 is 2.62 bits per heavy atom. The number of sulfonamides is 1. The number of benzene rings is 2. The molecule has 0 unspecified atom stereocenters. The summed E-state index contributed by atoms with van der Waals surface area (Å²) in [5.41, 5.74) is 0.712. The van der Waals surface area contributed by atoms with Crippen LogP contribution in [-0.4, -0.2) is 38.0 Å². The van der Waals surface area contributed by atoms with Crippen molar-refractivity contribution in [3.8, 4) is 11.5 Å². The Balaban J connectivity index is 1.72. The van der Waals surface area contributed by atoms with Crippen LogP contribution in [0.5, 0.6) is 11.5 Å². The second-order valence-corrected chi connectivity index (χ2v) is 9.32. The standard InChI is InChI=1S/C20H21ClN2O5S/c21-15-5-7-16(8-6-15)29(25,26)23(17-3-1-2-10-22-20(17)24)12-14-4-9-18-19(11-14)28-13-27-18/h4-9,11,17H,1-3,10,12-13H2,(H,22,24)/t17-/m0/s1. The molecule has 2 heterocycles. The van der Waals surface area contributed by atoms with Crippen LogP contribution in [0.2, 0.25) is 5.02 Å². The molecule has 1 N–H and O–H groups in total. The highest BCUT2D eigenvalue weighted by Gasteiger charge is 2.36. The van der Waals surface area contributed by atoms with Gasteiger partial charge in [-0.2, -0.15) is 4.31 Å². The molecular formula is C20H21ClN2O5S. The maximum atomic E-state index is 13.5. The molecule has 2 aromatic rings. The second kappa shape index (κ2) is 8.22.